The van der Waals surface area contributed by atoms with E-state index in [1.807, 2.05) is 50.2 Å². The van der Waals surface area contributed by atoms with Gasteiger partial charge in [0.2, 0.25) is 0 Å². The van der Waals surface area contributed by atoms with Crippen LogP contribution in [0.1, 0.15) is 31.7 Å². The van der Waals surface area contributed by atoms with Gasteiger partial charge in [-0.2, -0.15) is 0 Å². The van der Waals surface area contributed by atoms with Gasteiger partial charge in [0.1, 0.15) is 0 Å². The topological polar surface area (TPSA) is 64.1 Å². The lowest BCUT2D eigenvalue weighted by Crippen LogP contribution is -2.22. The Morgan fingerprint density at radius 2 is 1.85 bits per heavy atom. The third kappa shape index (κ3) is 4.42. The molecule has 1 heterocycles. The summed E-state index contributed by atoms with van der Waals surface area (Å²) in [6.07, 6.45) is 0.568. The maximum Gasteiger partial charge on any atom is 0.326 e. The minimum Gasteiger partial charge on any atom is -0.465 e. The van der Waals surface area contributed by atoms with Gasteiger partial charge >= 0.3 is 11.7 Å². The monoisotopic (exact) mass is 386 g/mol. The number of aryl methyl sites for hydroxylation is 1. The second-order valence-electron chi connectivity index (χ2n) is 6.89. The van der Waals surface area contributed by atoms with E-state index in [1.54, 1.807) is 16.7 Å². The quantitative estimate of drug-likeness (QED) is 0.484. The first-order valence-corrected chi connectivity index (χ1v) is 9.45. The molecule has 0 amide bonds. The lowest BCUT2D eigenvalue weighted by molar-refractivity contribution is -0.146. The molecule has 0 spiro atoms. The number of para-hydroxylation sites is 2. The third-order valence-corrected chi connectivity index (χ3v) is 4.85. The third-order valence-electron chi connectivity index (χ3n) is 4.60. The molecule has 0 aliphatic heterocycles. The molecule has 0 saturated carbocycles. The summed E-state index contributed by atoms with van der Waals surface area (Å²) in [6.45, 7) is 4.74. The Bertz CT molecular complexity index is 973. The smallest absolute Gasteiger partial charge is 0.326 e. The van der Waals surface area contributed by atoms with Crippen LogP contribution in [0.2, 0.25) is 5.02 Å². The van der Waals surface area contributed by atoms with Gasteiger partial charge in [-0.15, -0.1) is 0 Å². The van der Waals surface area contributed by atoms with Crippen molar-refractivity contribution in [2.75, 3.05) is 6.61 Å². The molecule has 5 nitrogen and oxygen atoms in total. The van der Waals surface area contributed by atoms with E-state index in [4.69, 9.17) is 16.3 Å². The fourth-order valence-corrected chi connectivity index (χ4v) is 3.40. The van der Waals surface area contributed by atoms with E-state index >= 15 is 0 Å². The minimum atomic E-state index is -0.335. The molecular formula is C21H23ClN2O3. The van der Waals surface area contributed by atoms with Crippen molar-refractivity contribution in [1.29, 1.82) is 0 Å². The number of carbonyl (C=O) groups is 1. The summed E-state index contributed by atoms with van der Waals surface area (Å²) in [6, 6.07) is 14.8. The van der Waals surface area contributed by atoms with Gasteiger partial charge in [-0.25, -0.2) is 4.79 Å². The van der Waals surface area contributed by atoms with E-state index in [0.29, 0.717) is 18.0 Å². The molecule has 0 radical (unpaired) electrons. The van der Waals surface area contributed by atoms with Crippen LogP contribution < -0.4 is 5.69 Å². The Morgan fingerprint density at radius 3 is 2.56 bits per heavy atom. The Morgan fingerprint density at radius 1 is 1.15 bits per heavy atom. The maximum atomic E-state index is 12.6. The fourth-order valence-electron chi connectivity index (χ4n) is 3.28. The second-order valence-corrected chi connectivity index (χ2v) is 7.33. The zero-order chi connectivity index (χ0) is 19.4. The predicted molar refractivity (Wildman–Crippen MR) is 107 cm³/mol. The molecule has 3 rings (SSSR count). The number of esters is 1. The Kier molecular flexibility index (Phi) is 6.01. The van der Waals surface area contributed by atoms with E-state index < -0.39 is 0 Å². The molecule has 27 heavy (non-hydrogen) atoms. The number of aromatic amines is 1. The Balaban J connectivity index is 1.60. The zero-order valence-corrected chi connectivity index (χ0v) is 16.2. The predicted octanol–water partition coefficient (Wildman–Crippen LogP) is 4.36. The molecule has 1 unspecified atom stereocenters. The molecule has 1 N–H and O–H groups in total. The van der Waals surface area contributed by atoms with E-state index in [1.165, 1.54) is 0 Å². The highest BCUT2D eigenvalue weighted by Crippen LogP contribution is 2.27. The van der Waals surface area contributed by atoms with Gasteiger partial charge in [0.05, 0.1) is 23.6 Å². The summed E-state index contributed by atoms with van der Waals surface area (Å²) in [5.74, 6) is -0.480. The number of hydrogen-bond acceptors (Lipinski definition) is 3. The van der Waals surface area contributed by atoms with Crippen molar-refractivity contribution in [2.24, 2.45) is 5.92 Å². The number of halogens is 1. The number of hydrogen-bond donors (Lipinski definition) is 1. The molecule has 0 saturated heterocycles. The summed E-state index contributed by atoms with van der Waals surface area (Å²) >= 11 is 5.93. The second kappa shape index (κ2) is 8.44. The van der Waals surface area contributed by atoms with E-state index in [0.717, 1.165) is 16.6 Å². The lowest BCUT2D eigenvalue weighted by Gasteiger charge is -2.20. The molecule has 1 aromatic heterocycles. The van der Waals surface area contributed by atoms with Crippen molar-refractivity contribution < 1.29 is 9.53 Å². The van der Waals surface area contributed by atoms with Gasteiger partial charge in [0, 0.05) is 11.6 Å². The molecule has 1 atom stereocenters. The Hall–Kier alpha value is -2.53. The minimum absolute atomic E-state index is 0.106. The first-order chi connectivity index (χ1) is 13.0. The summed E-state index contributed by atoms with van der Waals surface area (Å²) in [7, 11) is 0. The lowest BCUT2D eigenvalue weighted by atomic mass is 9.88. The van der Waals surface area contributed by atoms with Crippen LogP contribution in [0.5, 0.6) is 0 Å². The van der Waals surface area contributed by atoms with Gasteiger partial charge < -0.3 is 9.72 Å². The molecule has 3 aromatic rings. The number of imidazole rings is 1. The van der Waals surface area contributed by atoms with E-state index in [9.17, 15) is 9.59 Å². The first-order valence-electron chi connectivity index (χ1n) is 9.07. The number of carbonyl (C=O) groups excluding carboxylic acids is 1. The molecule has 0 aliphatic carbocycles. The van der Waals surface area contributed by atoms with Crippen LogP contribution in [0.15, 0.2) is 53.3 Å². The highest BCUT2D eigenvalue weighted by Gasteiger charge is 2.25. The number of H-pyrrole nitrogens is 1. The van der Waals surface area contributed by atoms with Crippen molar-refractivity contribution in [3.8, 4) is 0 Å². The van der Waals surface area contributed by atoms with E-state index in [-0.39, 0.29) is 30.1 Å². The molecule has 0 fully saturated rings. The highest BCUT2D eigenvalue weighted by atomic mass is 35.5. The largest absolute Gasteiger partial charge is 0.465 e. The molecule has 0 aliphatic rings. The fraction of sp³-hybridized carbons (Fsp3) is 0.333. The van der Waals surface area contributed by atoms with Crippen molar-refractivity contribution >= 4 is 28.6 Å². The van der Waals surface area contributed by atoms with E-state index in [2.05, 4.69) is 4.98 Å². The highest BCUT2D eigenvalue weighted by molar-refractivity contribution is 6.30. The van der Waals surface area contributed by atoms with Gasteiger partial charge in [0.25, 0.3) is 0 Å². The summed E-state index contributed by atoms with van der Waals surface area (Å²) in [4.78, 5) is 27.5. The standard InChI is InChI=1S/C21H23ClN2O3/c1-14(2)19(15-8-10-16(22)11-9-15)20(25)27-13-5-12-24-18-7-4-3-6-17(18)23-21(24)26/h3-4,6-11,14,19H,5,12-13H2,1-2H3,(H,23,26). The normalized spacial score (nSPS) is 12.4. The average molecular weight is 387 g/mol. The number of nitrogens with zero attached hydrogens (tertiary/aromatic N) is 1. The number of aromatic nitrogens is 2. The van der Waals surface area contributed by atoms with Crippen molar-refractivity contribution in [2.45, 2.75) is 32.7 Å². The van der Waals surface area contributed by atoms with Gasteiger partial charge in [-0.05, 0) is 42.2 Å². The van der Waals surface area contributed by atoms with Gasteiger partial charge in [-0.1, -0.05) is 49.7 Å². The molecule has 6 heteroatoms. The van der Waals surface area contributed by atoms with Crippen LogP contribution in [0, 0.1) is 5.92 Å². The molecular weight excluding hydrogens is 364 g/mol. The Labute approximate surface area is 162 Å². The molecule has 2 aromatic carbocycles. The number of rotatable bonds is 7. The number of fused-ring (bicyclic) bond motifs is 1. The SMILES string of the molecule is CC(C)C(C(=O)OCCCn1c(=O)[nH]c2ccccc21)c1ccc(Cl)cc1. The van der Waals surface area contributed by atoms with Crippen molar-refractivity contribution in [1.82, 2.24) is 9.55 Å². The molecule has 0 bridgehead atoms. The zero-order valence-electron chi connectivity index (χ0n) is 15.4. The number of ether oxygens (including phenoxy) is 1. The van der Waals surface area contributed by atoms with Crippen LogP contribution in [0.25, 0.3) is 11.0 Å². The number of nitrogens with one attached hydrogen (secondary N) is 1. The van der Waals surface area contributed by atoms with Crippen LogP contribution in [0.4, 0.5) is 0 Å². The number of benzene rings is 2. The van der Waals surface area contributed by atoms with Gasteiger partial charge in [-0.3, -0.25) is 9.36 Å². The summed E-state index contributed by atoms with van der Waals surface area (Å²) in [5, 5.41) is 0.638. The molecule has 142 valence electrons. The summed E-state index contributed by atoms with van der Waals surface area (Å²) < 4.78 is 7.17. The van der Waals surface area contributed by atoms with Crippen molar-refractivity contribution in [3.63, 3.8) is 0 Å². The summed E-state index contributed by atoms with van der Waals surface area (Å²) in [5.41, 5.74) is 2.41. The maximum absolute atomic E-state index is 12.6. The van der Waals surface area contributed by atoms with Crippen molar-refractivity contribution in [3.05, 3.63) is 69.6 Å². The van der Waals surface area contributed by atoms with Crippen LogP contribution >= 0.6 is 11.6 Å². The van der Waals surface area contributed by atoms with Crippen LogP contribution in [-0.2, 0) is 16.1 Å². The van der Waals surface area contributed by atoms with Crippen LogP contribution in [0.3, 0.4) is 0 Å². The average Bonchev–Trinajstić information content (AvgIpc) is 2.95. The first kappa shape index (κ1) is 19.2. The van der Waals surface area contributed by atoms with Gasteiger partial charge in [0.15, 0.2) is 0 Å². The van der Waals surface area contributed by atoms with Crippen LogP contribution in [-0.4, -0.2) is 22.1 Å².